The van der Waals surface area contributed by atoms with E-state index in [0.29, 0.717) is 17.4 Å². The molecular formula is C15H22BrN3O. The van der Waals surface area contributed by atoms with Crippen molar-refractivity contribution in [1.82, 2.24) is 9.88 Å². The van der Waals surface area contributed by atoms with Crippen LogP contribution in [0.25, 0.3) is 0 Å². The Hall–Kier alpha value is -1.10. The summed E-state index contributed by atoms with van der Waals surface area (Å²) < 4.78 is 0.838. The van der Waals surface area contributed by atoms with Gasteiger partial charge in [-0.1, -0.05) is 12.8 Å². The van der Waals surface area contributed by atoms with Crippen LogP contribution in [0.4, 0.5) is 5.82 Å². The Balaban J connectivity index is 2.27. The Labute approximate surface area is 129 Å². The lowest BCUT2D eigenvalue weighted by molar-refractivity contribution is 0.0694. The lowest BCUT2D eigenvalue weighted by Crippen LogP contribution is -2.39. The second kappa shape index (κ2) is 7.07. The lowest BCUT2D eigenvalue weighted by atomic mass is 10.1. The van der Waals surface area contributed by atoms with Gasteiger partial charge in [-0.25, -0.2) is 4.98 Å². The zero-order chi connectivity index (χ0) is 14.5. The number of halogens is 1. The summed E-state index contributed by atoms with van der Waals surface area (Å²) in [4.78, 5) is 19.2. The molecule has 20 heavy (non-hydrogen) atoms. The summed E-state index contributed by atoms with van der Waals surface area (Å²) in [6.07, 6.45) is 6.42. The molecule has 1 aromatic rings. The van der Waals surface area contributed by atoms with Crippen LogP contribution in [-0.2, 0) is 0 Å². The average Bonchev–Trinajstić information content (AvgIpc) is 2.95. The summed E-state index contributed by atoms with van der Waals surface area (Å²) in [6.45, 7) is 5.56. The Morgan fingerprint density at radius 1 is 1.45 bits per heavy atom. The van der Waals surface area contributed by atoms with Crippen LogP contribution in [0, 0.1) is 0 Å². The van der Waals surface area contributed by atoms with Gasteiger partial charge in [-0.15, -0.1) is 0 Å². The highest BCUT2D eigenvalue weighted by atomic mass is 79.9. The van der Waals surface area contributed by atoms with Crippen molar-refractivity contribution < 1.29 is 4.79 Å². The molecule has 110 valence electrons. The SMILES string of the molecule is CCNc1ncc(Br)cc1C(=O)N(CC)C1CCCC1. The van der Waals surface area contributed by atoms with Crippen molar-refractivity contribution >= 4 is 27.7 Å². The molecule has 0 radical (unpaired) electrons. The summed E-state index contributed by atoms with van der Waals surface area (Å²) in [5, 5.41) is 3.17. The van der Waals surface area contributed by atoms with Gasteiger partial charge in [0.2, 0.25) is 0 Å². The average molecular weight is 340 g/mol. The van der Waals surface area contributed by atoms with Crippen LogP contribution in [0.5, 0.6) is 0 Å². The van der Waals surface area contributed by atoms with Gasteiger partial charge in [-0.3, -0.25) is 4.79 Å². The molecule has 2 rings (SSSR count). The van der Waals surface area contributed by atoms with E-state index in [2.05, 4.69) is 33.2 Å². The third-order valence-electron chi connectivity index (χ3n) is 3.80. The topological polar surface area (TPSA) is 45.2 Å². The minimum absolute atomic E-state index is 0.0872. The Bertz CT molecular complexity index is 472. The van der Waals surface area contributed by atoms with Crippen LogP contribution in [0.2, 0.25) is 0 Å². The number of amides is 1. The van der Waals surface area contributed by atoms with Gasteiger partial charge in [-0.2, -0.15) is 0 Å². The summed E-state index contributed by atoms with van der Waals surface area (Å²) >= 11 is 3.41. The zero-order valence-electron chi connectivity index (χ0n) is 12.2. The number of rotatable bonds is 5. The number of nitrogens with one attached hydrogen (secondary N) is 1. The molecule has 5 heteroatoms. The highest BCUT2D eigenvalue weighted by Crippen LogP contribution is 2.27. The van der Waals surface area contributed by atoms with Crippen LogP contribution in [-0.4, -0.2) is 34.9 Å². The van der Waals surface area contributed by atoms with Crippen molar-refractivity contribution in [3.8, 4) is 0 Å². The first-order valence-electron chi connectivity index (χ1n) is 7.37. The van der Waals surface area contributed by atoms with E-state index in [0.717, 1.165) is 30.4 Å². The fourth-order valence-corrected chi connectivity index (χ4v) is 3.18. The number of carbonyl (C=O) groups excluding carboxylic acids is 1. The molecule has 0 bridgehead atoms. The molecule has 1 aliphatic carbocycles. The quantitative estimate of drug-likeness (QED) is 0.889. The Morgan fingerprint density at radius 2 is 2.15 bits per heavy atom. The second-order valence-electron chi connectivity index (χ2n) is 5.11. The fourth-order valence-electron chi connectivity index (χ4n) is 2.85. The third-order valence-corrected chi connectivity index (χ3v) is 4.23. The summed E-state index contributed by atoms with van der Waals surface area (Å²) in [5.41, 5.74) is 0.662. The molecular weight excluding hydrogens is 318 g/mol. The molecule has 4 nitrogen and oxygen atoms in total. The zero-order valence-corrected chi connectivity index (χ0v) is 13.7. The number of aromatic nitrogens is 1. The van der Waals surface area contributed by atoms with E-state index in [1.165, 1.54) is 12.8 Å². The van der Waals surface area contributed by atoms with Crippen LogP contribution in [0.1, 0.15) is 49.9 Å². The number of carbonyl (C=O) groups is 1. The van der Waals surface area contributed by atoms with E-state index >= 15 is 0 Å². The molecule has 0 atom stereocenters. The maximum Gasteiger partial charge on any atom is 0.257 e. The first-order chi connectivity index (χ1) is 9.67. The number of pyridine rings is 1. The van der Waals surface area contributed by atoms with Gasteiger partial charge >= 0.3 is 0 Å². The first kappa shape index (κ1) is 15.3. The summed E-state index contributed by atoms with van der Waals surface area (Å²) in [7, 11) is 0. The minimum Gasteiger partial charge on any atom is -0.370 e. The number of hydrogen-bond donors (Lipinski definition) is 1. The minimum atomic E-state index is 0.0872. The Morgan fingerprint density at radius 3 is 2.75 bits per heavy atom. The maximum absolute atomic E-state index is 12.8. The van der Waals surface area contributed by atoms with E-state index < -0.39 is 0 Å². The number of hydrogen-bond acceptors (Lipinski definition) is 3. The monoisotopic (exact) mass is 339 g/mol. The van der Waals surface area contributed by atoms with Crippen molar-refractivity contribution in [3.05, 3.63) is 22.3 Å². The molecule has 1 fully saturated rings. The largest absolute Gasteiger partial charge is 0.370 e. The molecule has 1 saturated carbocycles. The first-order valence-corrected chi connectivity index (χ1v) is 8.17. The molecule has 0 aliphatic heterocycles. The molecule has 1 aromatic heterocycles. The second-order valence-corrected chi connectivity index (χ2v) is 6.03. The van der Waals surface area contributed by atoms with Crippen molar-refractivity contribution in [3.63, 3.8) is 0 Å². The number of nitrogens with zero attached hydrogens (tertiary/aromatic N) is 2. The van der Waals surface area contributed by atoms with Crippen LogP contribution in [0.15, 0.2) is 16.7 Å². The van der Waals surface area contributed by atoms with Crippen LogP contribution in [0.3, 0.4) is 0 Å². The third kappa shape index (κ3) is 3.32. The van der Waals surface area contributed by atoms with Gasteiger partial charge in [0.15, 0.2) is 0 Å². The highest BCUT2D eigenvalue weighted by molar-refractivity contribution is 9.10. The van der Waals surface area contributed by atoms with E-state index in [1.807, 2.05) is 17.9 Å². The predicted molar refractivity (Wildman–Crippen MR) is 85.1 cm³/mol. The molecule has 0 aromatic carbocycles. The van der Waals surface area contributed by atoms with E-state index in [1.54, 1.807) is 6.20 Å². The standard InChI is InChI=1S/C15H22BrN3O/c1-3-17-14-13(9-11(16)10-18-14)15(20)19(4-2)12-7-5-6-8-12/h9-10,12H,3-8H2,1-2H3,(H,17,18). The molecule has 0 unspecified atom stereocenters. The van der Waals surface area contributed by atoms with Gasteiger partial charge < -0.3 is 10.2 Å². The molecule has 1 aliphatic rings. The van der Waals surface area contributed by atoms with Gasteiger partial charge in [0.1, 0.15) is 5.82 Å². The van der Waals surface area contributed by atoms with Gasteiger partial charge in [0.05, 0.1) is 5.56 Å². The van der Waals surface area contributed by atoms with E-state index in [-0.39, 0.29) is 5.91 Å². The maximum atomic E-state index is 12.8. The normalized spacial score (nSPS) is 15.3. The van der Waals surface area contributed by atoms with Crippen LogP contribution < -0.4 is 5.32 Å². The van der Waals surface area contributed by atoms with Crippen molar-refractivity contribution in [2.24, 2.45) is 0 Å². The van der Waals surface area contributed by atoms with Crippen molar-refractivity contribution in [2.45, 2.75) is 45.6 Å². The lowest BCUT2D eigenvalue weighted by Gasteiger charge is -2.28. The van der Waals surface area contributed by atoms with Crippen molar-refractivity contribution in [1.29, 1.82) is 0 Å². The Kier molecular flexibility index (Phi) is 5.40. The fraction of sp³-hybridized carbons (Fsp3) is 0.600. The molecule has 1 amide bonds. The summed E-state index contributed by atoms with van der Waals surface area (Å²) in [6, 6.07) is 2.26. The van der Waals surface area contributed by atoms with E-state index in [4.69, 9.17) is 0 Å². The van der Waals surface area contributed by atoms with E-state index in [9.17, 15) is 4.79 Å². The van der Waals surface area contributed by atoms with Gasteiger partial charge in [0.25, 0.3) is 5.91 Å². The highest BCUT2D eigenvalue weighted by Gasteiger charge is 2.27. The predicted octanol–water partition coefficient (Wildman–Crippen LogP) is 3.68. The van der Waals surface area contributed by atoms with Gasteiger partial charge in [-0.05, 0) is 48.7 Å². The molecule has 1 heterocycles. The molecule has 0 saturated heterocycles. The van der Waals surface area contributed by atoms with Crippen molar-refractivity contribution in [2.75, 3.05) is 18.4 Å². The van der Waals surface area contributed by atoms with Crippen LogP contribution >= 0.6 is 15.9 Å². The van der Waals surface area contributed by atoms with Gasteiger partial charge in [0, 0.05) is 29.8 Å². The molecule has 1 N–H and O–H groups in total. The smallest absolute Gasteiger partial charge is 0.257 e. The molecule has 0 spiro atoms. The summed E-state index contributed by atoms with van der Waals surface area (Å²) in [5.74, 6) is 0.765. The number of anilines is 1.